The number of ether oxygens (including phenoxy) is 1. The van der Waals surface area contributed by atoms with Crippen molar-refractivity contribution in [2.45, 2.75) is 46.5 Å². The normalized spacial score (nSPS) is 15.4. The summed E-state index contributed by atoms with van der Waals surface area (Å²) in [6.07, 6.45) is 3.42. The van der Waals surface area contributed by atoms with Crippen molar-refractivity contribution in [1.29, 1.82) is 0 Å². The standard InChI is InChI=1S/C21H33N5O2/c1-6-22-13-16-9-11-26(12-10-16)18(27)8-7-17-14(2)19-20(23-15(17)3)25(4)24-21(19)28-5/h16,22H,6-13H2,1-5H3. The van der Waals surface area contributed by atoms with Gasteiger partial charge in [0.25, 0.3) is 0 Å². The molecule has 0 saturated carbocycles. The second-order valence-electron chi connectivity index (χ2n) is 7.76. The molecule has 0 spiro atoms. The summed E-state index contributed by atoms with van der Waals surface area (Å²) in [6.45, 7) is 10.1. The molecule has 0 unspecified atom stereocenters. The zero-order chi connectivity index (χ0) is 20.3. The lowest BCUT2D eigenvalue weighted by Crippen LogP contribution is -2.40. The third-order valence-corrected chi connectivity index (χ3v) is 5.96. The first-order chi connectivity index (χ1) is 13.5. The number of nitrogens with one attached hydrogen (secondary N) is 1. The number of hydrogen-bond acceptors (Lipinski definition) is 5. The van der Waals surface area contributed by atoms with Gasteiger partial charge in [-0.25, -0.2) is 9.67 Å². The molecule has 0 atom stereocenters. The summed E-state index contributed by atoms with van der Waals surface area (Å²) in [4.78, 5) is 19.5. The van der Waals surface area contributed by atoms with Gasteiger partial charge in [-0.1, -0.05) is 6.92 Å². The predicted octanol–water partition coefficient (Wildman–Crippen LogP) is 2.37. The van der Waals surface area contributed by atoms with E-state index in [2.05, 4.69) is 24.3 Å². The Morgan fingerprint density at radius 2 is 2.00 bits per heavy atom. The number of fused-ring (bicyclic) bond motifs is 1. The molecule has 7 nitrogen and oxygen atoms in total. The second-order valence-corrected chi connectivity index (χ2v) is 7.76. The molecular formula is C21H33N5O2. The molecular weight excluding hydrogens is 354 g/mol. The second kappa shape index (κ2) is 8.90. The highest BCUT2D eigenvalue weighted by atomic mass is 16.5. The summed E-state index contributed by atoms with van der Waals surface area (Å²) in [5, 5.41) is 8.77. The first-order valence-corrected chi connectivity index (χ1v) is 10.3. The van der Waals surface area contributed by atoms with Gasteiger partial charge in [-0.15, -0.1) is 5.10 Å². The zero-order valence-corrected chi connectivity index (χ0v) is 17.8. The Morgan fingerprint density at radius 3 is 2.64 bits per heavy atom. The molecule has 1 fully saturated rings. The first-order valence-electron chi connectivity index (χ1n) is 10.3. The molecule has 3 heterocycles. The SMILES string of the molecule is CCNCC1CCN(C(=O)CCc2c(C)nc3c(c(OC)nn3C)c2C)CC1. The lowest BCUT2D eigenvalue weighted by atomic mass is 9.95. The number of piperidine rings is 1. The average molecular weight is 388 g/mol. The third-order valence-electron chi connectivity index (χ3n) is 5.96. The number of hydrogen-bond donors (Lipinski definition) is 1. The number of rotatable bonds is 7. The van der Waals surface area contributed by atoms with Crippen molar-refractivity contribution in [2.75, 3.05) is 33.3 Å². The predicted molar refractivity (Wildman–Crippen MR) is 111 cm³/mol. The molecule has 3 rings (SSSR count). The topological polar surface area (TPSA) is 72.3 Å². The van der Waals surface area contributed by atoms with Gasteiger partial charge in [-0.3, -0.25) is 4.79 Å². The zero-order valence-electron chi connectivity index (χ0n) is 17.8. The maximum atomic E-state index is 12.8. The minimum absolute atomic E-state index is 0.249. The fraction of sp³-hybridized carbons (Fsp3) is 0.667. The van der Waals surface area contributed by atoms with Crippen molar-refractivity contribution in [3.05, 3.63) is 16.8 Å². The molecule has 1 aliphatic heterocycles. The highest BCUT2D eigenvalue weighted by Crippen LogP contribution is 2.30. The first kappa shape index (κ1) is 20.6. The fourth-order valence-corrected chi connectivity index (χ4v) is 4.23. The van der Waals surface area contributed by atoms with Crippen molar-refractivity contribution >= 4 is 16.9 Å². The number of nitrogens with zero attached hydrogens (tertiary/aromatic N) is 4. The number of carbonyl (C=O) groups excluding carboxylic acids is 1. The summed E-state index contributed by atoms with van der Waals surface area (Å²) in [6, 6.07) is 0. The van der Waals surface area contributed by atoms with Gasteiger partial charge in [-0.05, 0) is 63.2 Å². The molecule has 2 aromatic rings. The van der Waals surface area contributed by atoms with Crippen LogP contribution in [-0.2, 0) is 18.3 Å². The van der Waals surface area contributed by atoms with Crippen molar-refractivity contribution in [3.63, 3.8) is 0 Å². The summed E-state index contributed by atoms with van der Waals surface area (Å²) in [5.41, 5.74) is 4.04. The van der Waals surface area contributed by atoms with Crippen LogP contribution in [0.15, 0.2) is 0 Å². The monoisotopic (exact) mass is 387 g/mol. The molecule has 0 bridgehead atoms. The van der Waals surface area contributed by atoms with Gasteiger partial charge in [0.15, 0.2) is 5.65 Å². The highest BCUT2D eigenvalue weighted by Gasteiger charge is 2.23. The Bertz CT molecular complexity index is 837. The van der Waals surface area contributed by atoms with Crippen LogP contribution in [0.25, 0.3) is 11.0 Å². The average Bonchev–Trinajstić information content (AvgIpc) is 3.02. The van der Waals surface area contributed by atoms with E-state index in [1.165, 1.54) is 0 Å². The van der Waals surface area contributed by atoms with E-state index >= 15 is 0 Å². The lowest BCUT2D eigenvalue weighted by Gasteiger charge is -2.32. The van der Waals surface area contributed by atoms with Crippen LogP contribution in [0.4, 0.5) is 0 Å². The smallest absolute Gasteiger partial charge is 0.242 e. The summed E-state index contributed by atoms with van der Waals surface area (Å²) in [7, 11) is 3.50. The van der Waals surface area contributed by atoms with Gasteiger partial charge < -0.3 is 15.0 Å². The van der Waals surface area contributed by atoms with Crippen molar-refractivity contribution in [1.82, 2.24) is 25.0 Å². The Morgan fingerprint density at radius 1 is 1.29 bits per heavy atom. The Labute approximate surface area is 167 Å². The van der Waals surface area contributed by atoms with Crippen molar-refractivity contribution in [2.24, 2.45) is 13.0 Å². The molecule has 0 aliphatic carbocycles. The van der Waals surface area contributed by atoms with Crippen LogP contribution in [0.3, 0.4) is 0 Å². The molecule has 1 aliphatic rings. The lowest BCUT2D eigenvalue weighted by molar-refractivity contribution is -0.132. The number of aromatic nitrogens is 3. The van der Waals surface area contributed by atoms with Crippen molar-refractivity contribution < 1.29 is 9.53 Å². The van der Waals surface area contributed by atoms with Gasteiger partial charge in [-0.2, -0.15) is 0 Å². The Hall–Kier alpha value is -2.15. The van der Waals surface area contributed by atoms with Gasteiger partial charge in [0.05, 0.1) is 12.5 Å². The molecule has 0 aromatic carbocycles. The van der Waals surface area contributed by atoms with Crippen LogP contribution in [0.2, 0.25) is 0 Å². The number of likely N-dealkylation sites (tertiary alicyclic amines) is 1. The molecule has 7 heteroatoms. The largest absolute Gasteiger partial charge is 0.479 e. The molecule has 154 valence electrons. The number of carbonyl (C=O) groups is 1. The Balaban J connectivity index is 1.66. The molecule has 1 amide bonds. The minimum atomic E-state index is 0.249. The quantitative estimate of drug-likeness (QED) is 0.790. The van der Waals surface area contributed by atoms with Gasteiger partial charge in [0, 0.05) is 32.3 Å². The van der Waals surface area contributed by atoms with Crippen LogP contribution < -0.4 is 10.1 Å². The molecule has 2 aromatic heterocycles. The van der Waals surface area contributed by atoms with Gasteiger partial charge in [0.1, 0.15) is 0 Å². The number of pyridine rings is 1. The summed E-state index contributed by atoms with van der Waals surface area (Å²) < 4.78 is 7.18. The highest BCUT2D eigenvalue weighted by molar-refractivity contribution is 5.86. The van der Waals surface area contributed by atoms with E-state index in [4.69, 9.17) is 9.72 Å². The summed E-state index contributed by atoms with van der Waals surface area (Å²) in [5.74, 6) is 1.54. The van der Waals surface area contributed by atoms with Crippen LogP contribution >= 0.6 is 0 Å². The maximum absolute atomic E-state index is 12.8. The molecule has 28 heavy (non-hydrogen) atoms. The van der Waals surface area contributed by atoms with E-state index in [1.807, 2.05) is 18.9 Å². The third kappa shape index (κ3) is 4.14. The summed E-state index contributed by atoms with van der Waals surface area (Å²) >= 11 is 0. The van der Waals surface area contributed by atoms with Crippen LogP contribution in [-0.4, -0.2) is 58.9 Å². The number of methoxy groups -OCH3 is 1. The van der Waals surface area contributed by atoms with E-state index in [0.717, 1.165) is 66.9 Å². The van der Waals surface area contributed by atoms with Gasteiger partial charge >= 0.3 is 0 Å². The van der Waals surface area contributed by atoms with Crippen LogP contribution in [0, 0.1) is 19.8 Å². The number of amides is 1. The molecule has 0 radical (unpaired) electrons. The van der Waals surface area contributed by atoms with E-state index in [9.17, 15) is 4.79 Å². The molecule has 1 N–H and O–H groups in total. The maximum Gasteiger partial charge on any atom is 0.242 e. The van der Waals surface area contributed by atoms with Gasteiger partial charge in [0.2, 0.25) is 11.8 Å². The Kier molecular flexibility index (Phi) is 6.54. The van der Waals surface area contributed by atoms with E-state index in [0.29, 0.717) is 24.6 Å². The minimum Gasteiger partial charge on any atom is -0.479 e. The van der Waals surface area contributed by atoms with E-state index in [1.54, 1.807) is 11.8 Å². The van der Waals surface area contributed by atoms with Crippen LogP contribution in [0.5, 0.6) is 5.88 Å². The van der Waals surface area contributed by atoms with Crippen LogP contribution in [0.1, 0.15) is 43.0 Å². The van der Waals surface area contributed by atoms with E-state index < -0.39 is 0 Å². The number of aryl methyl sites for hydroxylation is 3. The van der Waals surface area contributed by atoms with E-state index in [-0.39, 0.29) is 5.91 Å². The molecule has 1 saturated heterocycles. The van der Waals surface area contributed by atoms with Crippen molar-refractivity contribution in [3.8, 4) is 5.88 Å². The fourth-order valence-electron chi connectivity index (χ4n) is 4.23.